The average molecular weight is 358 g/mol. The maximum atomic E-state index is 12.2. The third-order valence-electron chi connectivity index (χ3n) is 3.76. The van der Waals surface area contributed by atoms with Crippen LogP contribution in [0, 0.1) is 0 Å². The Morgan fingerprint density at radius 3 is 2.17 bits per heavy atom. The van der Waals surface area contributed by atoms with Gasteiger partial charge >= 0.3 is 0 Å². The van der Waals surface area contributed by atoms with E-state index >= 15 is 0 Å². The van der Waals surface area contributed by atoms with E-state index in [9.17, 15) is 14.2 Å². The van der Waals surface area contributed by atoms with Crippen molar-refractivity contribution < 1.29 is 18.7 Å². The van der Waals surface area contributed by atoms with E-state index in [1.54, 1.807) is 31.2 Å². The molecule has 0 bridgehead atoms. The molecule has 1 unspecified atom stereocenters. The van der Waals surface area contributed by atoms with Crippen molar-refractivity contribution >= 4 is 29.8 Å². The van der Waals surface area contributed by atoms with Crippen molar-refractivity contribution in [1.82, 2.24) is 4.90 Å². The topological polar surface area (TPSA) is 63.7 Å². The Kier molecular flexibility index (Phi) is 6.40. The monoisotopic (exact) mass is 357 g/mol. The summed E-state index contributed by atoms with van der Waals surface area (Å²) in [5.41, 5.74) is 0.967. The van der Waals surface area contributed by atoms with Gasteiger partial charge in [0.1, 0.15) is 0 Å². The fourth-order valence-corrected chi connectivity index (χ4v) is 4.39. The Morgan fingerprint density at radius 1 is 1.04 bits per heavy atom. The number of unbranched alkanes of at least 4 members (excludes halogenated alkanes) is 3. The second kappa shape index (κ2) is 8.09. The molecule has 1 atom stereocenters. The van der Waals surface area contributed by atoms with Gasteiger partial charge in [-0.1, -0.05) is 25.0 Å². The summed E-state index contributed by atoms with van der Waals surface area (Å²) in [7, 11) is 0. The molecule has 0 aliphatic carbocycles. The molecule has 23 heavy (non-hydrogen) atoms. The van der Waals surface area contributed by atoms with Crippen LogP contribution in [0.4, 0.5) is 0 Å². The molecule has 0 radical (unpaired) electrons. The number of carbonyl (C=O) groups excluding carboxylic acids is 2. The zero-order valence-electron chi connectivity index (χ0n) is 13.2. The van der Waals surface area contributed by atoms with E-state index in [-0.39, 0.29) is 11.8 Å². The van der Waals surface area contributed by atoms with Crippen molar-refractivity contribution in [2.75, 3.05) is 19.3 Å². The number of imide groups is 1. The van der Waals surface area contributed by atoms with Crippen LogP contribution in [0.15, 0.2) is 24.3 Å². The van der Waals surface area contributed by atoms with Gasteiger partial charge in [0.25, 0.3) is 18.5 Å². The average Bonchev–Trinajstić information content (AvgIpc) is 2.75. The number of benzene rings is 1. The summed E-state index contributed by atoms with van der Waals surface area (Å²) in [5, 5.41) is 0. The van der Waals surface area contributed by atoms with Crippen LogP contribution in [-0.4, -0.2) is 36.0 Å². The molecule has 126 valence electrons. The van der Waals surface area contributed by atoms with E-state index in [1.807, 2.05) is 0 Å². The van der Waals surface area contributed by atoms with Crippen LogP contribution in [0.5, 0.6) is 0 Å². The standard InChI is InChI=1S/C16H21ClNO4P/c1-2-22-23(17,21)12-8-4-3-7-11-18-15(19)13-9-5-6-10-14(13)16(18)20/h5-6,9-10H,2-4,7-8,11-12H2,1H3. The van der Waals surface area contributed by atoms with Gasteiger partial charge in [0.2, 0.25) is 0 Å². The van der Waals surface area contributed by atoms with E-state index in [0.29, 0.717) is 36.9 Å². The van der Waals surface area contributed by atoms with Crippen LogP contribution in [0.3, 0.4) is 0 Å². The number of hydrogen-bond donors (Lipinski definition) is 0. The van der Waals surface area contributed by atoms with Gasteiger partial charge in [0, 0.05) is 12.7 Å². The third kappa shape index (κ3) is 4.66. The molecule has 1 aromatic rings. The molecule has 1 heterocycles. The van der Waals surface area contributed by atoms with Crippen LogP contribution >= 0.6 is 18.0 Å². The molecule has 2 rings (SSSR count). The van der Waals surface area contributed by atoms with Crippen LogP contribution in [0.25, 0.3) is 0 Å². The Labute approximate surface area is 141 Å². The highest BCUT2D eigenvalue weighted by Crippen LogP contribution is 2.52. The lowest BCUT2D eigenvalue weighted by Gasteiger charge is -2.13. The van der Waals surface area contributed by atoms with Gasteiger partial charge in [-0.15, -0.1) is 0 Å². The number of fused-ring (bicyclic) bond motifs is 1. The van der Waals surface area contributed by atoms with Gasteiger partial charge < -0.3 is 4.52 Å². The van der Waals surface area contributed by atoms with Crippen molar-refractivity contribution in [3.63, 3.8) is 0 Å². The van der Waals surface area contributed by atoms with E-state index in [2.05, 4.69) is 0 Å². The number of hydrogen-bond acceptors (Lipinski definition) is 4. The minimum absolute atomic E-state index is 0.216. The quantitative estimate of drug-likeness (QED) is 0.375. The molecule has 7 heteroatoms. The van der Waals surface area contributed by atoms with Gasteiger partial charge in [0.15, 0.2) is 0 Å². The lowest BCUT2D eigenvalue weighted by molar-refractivity contribution is 0.0651. The first-order valence-corrected chi connectivity index (χ1v) is 10.6. The molecule has 5 nitrogen and oxygen atoms in total. The molecule has 0 fully saturated rings. The minimum Gasteiger partial charge on any atom is -0.318 e. The summed E-state index contributed by atoms with van der Waals surface area (Å²) < 4.78 is 16.7. The van der Waals surface area contributed by atoms with Crippen molar-refractivity contribution in [2.24, 2.45) is 0 Å². The summed E-state index contributed by atoms with van der Waals surface area (Å²) in [4.78, 5) is 25.6. The normalized spacial score (nSPS) is 16.5. The summed E-state index contributed by atoms with van der Waals surface area (Å²) >= 11 is 5.78. The highest BCUT2D eigenvalue weighted by molar-refractivity contribution is 7.85. The van der Waals surface area contributed by atoms with Crippen LogP contribution in [0.2, 0.25) is 0 Å². The van der Waals surface area contributed by atoms with Crippen LogP contribution in [-0.2, 0) is 9.09 Å². The Bertz CT molecular complexity index is 599. The summed E-state index contributed by atoms with van der Waals surface area (Å²) in [6, 6.07) is 6.88. The first-order valence-electron chi connectivity index (χ1n) is 7.85. The number of amides is 2. The second-order valence-corrected chi connectivity index (χ2v) is 8.88. The van der Waals surface area contributed by atoms with Gasteiger partial charge in [0.05, 0.1) is 17.7 Å². The molecular weight excluding hydrogens is 337 g/mol. The molecule has 0 N–H and O–H groups in total. The van der Waals surface area contributed by atoms with E-state index in [0.717, 1.165) is 19.3 Å². The zero-order chi connectivity index (χ0) is 16.9. The molecule has 2 amide bonds. The van der Waals surface area contributed by atoms with Crippen molar-refractivity contribution in [3.8, 4) is 0 Å². The van der Waals surface area contributed by atoms with Gasteiger partial charge in [-0.3, -0.25) is 19.1 Å². The molecule has 1 aliphatic heterocycles. The van der Waals surface area contributed by atoms with Crippen molar-refractivity contribution in [2.45, 2.75) is 32.6 Å². The fourth-order valence-electron chi connectivity index (χ4n) is 2.62. The highest BCUT2D eigenvalue weighted by atomic mass is 35.7. The zero-order valence-corrected chi connectivity index (χ0v) is 14.8. The van der Waals surface area contributed by atoms with Crippen LogP contribution < -0.4 is 0 Å². The van der Waals surface area contributed by atoms with E-state index in [4.69, 9.17) is 15.8 Å². The first-order chi connectivity index (χ1) is 11.0. The lowest BCUT2D eigenvalue weighted by atomic mass is 10.1. The smallest absolute Gasteiger partial charge is 0.290 e. The predicted octanol–water partition coefficient (Wildman–Crippen LogP) is 4.31. The Hall–Kier alpha value is -1.16. The van der Waals surface area contributed by atoms with Gasteiger partial charge in [-0.2, -0.15) is 0 Å². The van der Waals surface area contributed by atoms with Crippen LogP contribution in [0.1, 0.15) is 53.3 Å². The molecule has 0 saturated heterocycles. The maximum Gasteiger partial charge on any atom is 0.290 e. The summed E-state index contributed by atoms with van der Waals surface area (Å²) in [6.45, 7) is -0.446. The molecule has 0 aromatic heterocycles. The van der Waals surface area contributed by atoms with Gasteiger partial charge in [-0.25, -0.2) is 0 Å². The van der Waals surface area contributed by atoms with E-state index < -0.39 is 6.72 Å². The Balaban J connectivity index is 1.71. The summed E-state index contributed by atoms with van der Waals surface area (Å²) in [6.07, 6.45) is 3.48. The molecule has 0 saturated carbocycles. The first kappa shape index (κ1) is 18.2. The van der Waals surface area contributed by atoms with Gasteiger partial charge in [-0.05, 0) is 43.1 Å². The number of carbonyl (C=O) groups is 2. The number of halogens is 1. The van der Waals surface area contributed by atoms with Crippen molar-refractivity contribution in [1.29, 1.82) is 0 Å². The molecule has 1 aliphatic rings. The SMILES string of the molecule is CCOP(=O)(Cl)CCCCCCN1C(=O)c2ccccc2C1=O. The molecule has 1 aromatic carbocycles. The molecular formula is C16H21ClNO4P. The van der Waals surface area contributed by atoms with E-state index in [1.165, 1.54) is 4.90 Å². The largest absolute Gasteiger partial charge is 0.318 e. The number of nitrogens with zero attached hydrogens (tertiary/aromatic N) is 1. The predicted molar refractivity (Wildman–Crippen MR) is 90.2 cm³/mol. The Morgan fingerprint density at radius 2 is 1.61 bits per heavy atom. The highest BCUT2D eigenvalue weighted by Gasteiger charge is 2.34. The fraction of sp³-hybridized carbons (Fsp3) is 0.500. The second-order valence-electron chi connectivity index (χ2n) is 5.45. The van der Waals surface area contributed by atoms with Crippen molar-refractivity contribution in [3.05, 3.63) is 35.4 Å². The minimum atomic E-state index is -2.97. The number of rotatable bonds is 9. The summed E-state index contributed by atoms with van der Waals surface area (Å²) in [5.74, 6) is -0.431. The maximum absolute atomic E-state index is 12.2. The molecule has 0 spiro atoms. The lowest BCUT2D eigenvalue weighted by Crippen LogP contribution is -2.30. The third-order valence-corrected chi connectivity index (χ3v) is 6.05.